The third-order valence-electron chi connectivity index (χ3n) is 4.95. The van der Waals surface area contributed by atoms with Gasteiger partial charge in [0, 0.05) is 22.8 Å². The van der Waals surface area contributed by atoms with Crippen LogP contribution in [0.1, 0.15) is 37.8 Å². The molecule has 2 aliphatic rings. The van der Waals surface area contributed by atoms with Crippen molar-refractivity contribution in [1.29, 1.82) is 0 Å². The fourth-order valence-corrected chi connectivity index (χ4v) is 3.90. The van der Waals surface area contributed by atoms with E-state index in [1.807, 2.05) is 0 Å². The standard InChI is InChI=1S/C15H19NOS/c1-9-7-14(17)16-13-6-3-10-8-11(18)4-5-12(10)15(9,13)2/h4-5,8-9,13,18H,3,6-7H2,1-2H3,(H,16,17). The molecule has 0 radical (unpaired) electrons. The Bertz CT molecular complexity index is 513. The van der Waals surface area contributed by atoms with Gasteiger partial charge in [-0.3, -0.25) is 4.79 Å². The highest BCUT2D eigenvalue weighted by atomic mass is 32.1. The van der Waals surface area contributed by atoms with Gasteiger partial charge in [0.2, 0.25) is 5.91 Å². The van der Waals surface area contributed by atoms with Crippen LogP contribution in [0.4, 0.5) is 0 Å². The van der Waals surface area contributed by atoms with Gasteiger partial charge in [-0.15, -0.1) is 12.6 Å². The number of piperidine rings is 1. The van der Waals surface area contributed by atoms with E-state index in [0.717, 1.165) is 17.7 Å². The van der Waals surface area contributed by atoms with Crippen LogP contribution in [0.5, 0.6) is 0 Å². The van der Waals surface area contributed by atoms with E-state index in [1.165, 1.54) is 11.1 Å². The molecule has 1 heterocycles. The molecule has 0 spiro atoms. The Hall–Kier alpha value is -0.960. The summed E-state index contributed by atoms with van der Waals surface area (Å²) in [5.74, 6) is 0.598. The van der Waals surface area contributed by atoms with Gasteiger partial charge in [0.1, 0.15) is 0 Å². The van der Waals surface area contributed by atoms with Gasteiger partial charge in [-0.05, 0) is 42.0 Å². The maximum Gasteiger partial charge on any atom is 0.220 e. The van der Waals surface area contributed by atoms with Crippen LogP contribution in [0.2, 0.25) is 0 Å². The van der Waals surface area contributed by atoms with Crippen molar-refractivity contribution in [3.63, 3.8) is 0 Å². The molecule has 1 fully saturated rings. The zero-order chi connectivity index (χ0) is 12.9. The minimum atomic E-state index is 0.0724. The summed E-state index contributed by atoms with van der Waals surface area (Å²) >= 11 is 4.43. The Morgan fingerprint density at radius 1 is 1.44 bits per heavy atom. The predicted octanol–water partition coefficient (Wildman–Crippen LogP) is 2.70. The van der Waals surface area contributed by atoms with Gasteiger partial charge < -0.3 is 5.32 Å². The molecule has 0 bridgehead atoms. The number of thiol groups is 1. The highest BCUT2D eigenvalue weighted by Crippen LogP contribution is 2.46. The topological polar surface area (TPSA) is 29.1 Å². The number of hydrogen-bond donors (Lipinski definition) is 2. The molecule has 3 unspecified atom stereocenters. The van der Waals surface area contributed by atoms with Crippen LogP contribution in [0.25, 0.3) is 0 Å². The van der Waals surface area contributed by atoms with Crippen LogP contribution in [0.3, 0.4) is 0 Å². The van der Waals surface area contributed by atoms with Crippen LogP contribution >= 0.6 is 12.6 Å². The number of benzene rings is 1. The lowest BCUT2D eigenvalue weighted by molar-refractivity contribution is -0.127. The molecule has 3 rings (SSSR count). The van der Waals surface area contributed by atoms with Crippen LogP contribution in [0, 0.1) is 5.92 Å². The first-order valence-corrected chi connectivity index (χ1v) is 7.08. The van der Waals surface area contributed by atoms with Crippen LogP contribution < -0.4 is 5.32 Å². The first kappa shape index (κ1) is 12.1. The molecule has 1 saturated heterocycles. The Morgan fingerprint density at radius 3 is 3.00 bits per heavy atom. The molecule has 96 valence electrons. The van der Waals surface area contributed by atoms with Gasteiger partial charge in [0.25, 0.3) is 0 Å². The number of amides is 1. The molecular weight excluding hydrogens is 242 g/mol. The van der Waals surface area contributed by atoms with E-state index in [1.54, 1.807) is 0 Å². The van der Waals surface area contributed by atoms with Crippen molar-refractivity contribution in [1.82, 2.24) is 5.32 Å². The molecule has 2 nitrogen and oxygen atoms in total. The van der Waals surface area contributed by atoms with Crippen molar-refractivity contribution >= 4 is 18.5 Å². The van der Waals surface area contributed by atoms with Crippen LogP contribution in [-0.4, -0.2) is 11.9 Å². The van der Waals surface area contributed by atoms with Crippen molar-refractivity contribution < 1.29 is 4.79 Å². The van der Waals surface area contributed by atoms with Gasteiger partial charge in [-0.25, -0.2) is 0 Å². The van der Waals surface area contributed by atoms with E-state index in [0.29, 0.717) is 12.3 Å². The van der Waals surface area contributed by atoms with Crippen molar-refractivity contribution in [3.8, 4) is 0 Å². The average Bonchev–Trinajstić information content (AvgIpc) is 2.31. The normalized spacial score (nSPS) is 34.5. The van der Waals surface area contributed by atoms with Crippen LogP contribution in [0.15, 0.2) is 23.1 Å². The first-order valence-electron chi connectivity index (χ1n) is 6.63. The fraction of sp³-hybridized carbons (Fsp3) is 0.533. The second kappa shape index (κ2) is 4.02. The molecule has 1 amide bonds. The lowest BCUT2D eigenvalue weighted by atomic mass is 9.59. The summed E-state index contributed by atoms with van der Waals surface area (Å²) in [7, 11) is 0. The highest BCUT2D eigenvalue weighted by molar-refractivity contribution is 7.80. The lowest BCUT2D eigenvalue weighted by Gasteiger charge is -2.50. The zero-order valence-corrected chi connectivity index (χ0v) is 11.8. The molecule has 0 saturated carbocycles. The van der Waals surface area contributed by atoms with E-state index in [9.17, 15) is 4.79 Å². The van der Waals surface area contributed by atoms with E-state index >= 15 is 0 Å². The Kier molecular flexibility index (Phi) is 2.70. The molecule has 1 aromatic rings. The summed E-state index contributed by atoms with van der Waals surface area (Å²) in [4.78, 5) is 12.7. The highest BCUT2D eigenvalue weighted by Gasteiger charge is 2.48. The van der Waals surface area contributed by atoms with E-state index in [2.05, 4.69) is 50.0 Å². The summed E-state index contributed by atoms with van der Waals surface area (Å²) in [5.41, 5.74) is 2.89. The van der Waals surface area contributed by atoms with Gasteiger partial charge >= 0.3 is 0 Å². The number of fused-ring (bicyclic) bond motifs is 3. The van der Waals surface area contributed by atoms with Crippen molar-refractivity contribution in [2.75, 3.05) is 0 Å². The predicted molar refractivity (Wildman–Crippen MR) is 75.1 cm³/mol. The average molecular weight is 261 g/mol. The monoisotopic (exact) mass is 261 g/mol. The third-order valence-corrected chi connectivity index (χ3v) is 5.22. The van der Waals surface area contributed by atoms with Crippen molar-refractivity contribution in [2.24, 2.45) is 5.92 Å². The second-order valence-electron chi connectivity index (χ2n) is 5.89. The van der Waals surface area contributed by atoms with Gasteiger partial charge in [-0.1, -0.05) is 19.9 Å². The number of aryl methyl sites for hydroxylation is 1. The zero-order valence-electron chi connectivity index (χ0n) is 10.9. The number of carbonyl (C=O) groups is 1. The molecular formula is C15H19NOS. The Morgan fingerprint density at radius 2 is 2.22 bits per heavy atom. The van der Waals surface area contributed by atoms with Crippen molar-refractivity contribution in [2.45, 2.75) is 49.5 Å². The number of carbonyl (C=O) groups excluding carboxylic acids is 1. The third kappa shape index (κ3) is 1.60. The summed E-state index contributed by atoms with van der Waals surface area (Å²) < 4.78 is 0. The van der Waals surface area contributed by atoms with E-state index < -0.39 is 0 Å². The number of hydrogen-bond acceptors (Lipinski definition) is 2. The summed E-state index contributed by atoms with van der Waals surface area (Å²) in [6.07, 6.45) is 2.71. The lowest BCUT2D eigenvalue weighted by Crippen LogP contribution is -2.59. The summed E-state index contributed by atoms with van der Waals surface area (Å²) in [6.45, 7) is 4.51. The Labute approximate surface area is 114 Å². The van der Waals surface area contributed by atoms with Crippen LogP contribution in [-0.2, 0) is 16.6 Å². The maximum atomic E-state index is 11.7. The molecule has 1 aliphatic carbocycles. The molecule has 0 aromatic heterocycles. The molecule has 18 heavy (non-hydrogen) atoms. The van der Waals surface area contributed by atoms with Gasteiger partial charge in [0.15, 0.2) is 0 Å². The molecule has 1 aliphatic heterocycles. The van der Waals surface area contributed by atoms with E-state index in [4.69, 9.17) is 0 Å². The second-order valence-corrected chi connectivity index (χ2v) is 6.40. The molecule has 1 N–H and O–H groups in total. The maximum absolute atomic E-state index is 11.7. The smallest absolute Gasteiger partial charge is 0.220 e. The van der Waals surface area contributed by atoms with Gasteiger partial charge in [0.05, 0.1) is 0 Å². The quantitative estimate of drug-likeness (QED) is 0.691. The SMILES string of the molecule is CC1CC(=O)NC2CCc3cc(S)ccc3C12C. The minimum Gasteiger partial charge on any atom is -0.352 e. The molecule has 1 aromatic carbocycles. The minimum absolute atomic E-state index is 0.0724. The Balaban J connectivity index is 2.12. The number of rotatable bonds is 0. The fourth-order valence-electron chi connectivity index (χ4n) is 3.67. The first-order chi connectivity index (χ1) is 8.51. The van der Waals surface area contributed by atoms with Gasteiger partial charge in [-0.2, -0.15) is 0 Å². The van der Waals surface area contributed by atoms with E-state index in [-0.39, 0.29) is 17.4 Å². The number of nitrogens with one attached hydrogen (secondary N) is 1. The molecule has 3 heteroatoms. The molecule has 3 atom stereocenters. The largest absolute Gasteiger partial charge is 0.352 e. The van der Waals surface area contributed by atoms with Crippen molar-refractivity contribution in [3.05, 3.63) is 29.3 Å². The summed E-state index contributed by atoms with van der Waals surface area (Å²) in [6, 6.07) is 6.74. The summed E-state index contributed by atoms with van der Waals surface area (Å²) in [5, 5.41) is 3.19.